The lowest BCUT2D eigenvalue weighted by Gasteiger charge is -2.39. The van der Waals surface area contributed by atoms with E-state index in [1.54, 1.807) is 0 Å². The highest BCUT2D eigenvalue weighted by Crippen LogP contribution is 2.48. The predicted octanol–water partition coefficient (Wildman–Crippen LogP) is 6.02. The highest BCUT2D eigenvalue weighted by atomic mass is 79.9. The van der Waals surface area contributed by atoms with Gasteiger partial charge in [-0.25, -0.2) is 0 Å². The molecule has 0 saturated carbocycles. The van der Waals surface area contributed by atoms with Crippen molar-refractivity contribution in [3.63, 3.8) is 0 Å². The fourth-order valence-electron chi connectivity index (χ4n) is 6.31. The molecule has 0 bridgehead atoms. The predicted molar refractivity (Wildman–Crippen MR) is 141 cm³/mol. The zero-order valence-electron chi connectivity index (χ0n) is 19.1. The molecule has 2 heterocycles. The SMILES string of the molecule is O=C(c1cccc2c1C=CC21CCNC(c2ccccc2)C1)[C@@H]1CNC[C@H]1c1ccccc1Br. The zero-order chi connectivity index (χ0) is 23.1. The van der Waals surface area contributed by atoms with Crippen molar-refractivity contribution >= 4 is 27.8 Å². The maximum atomic E-state index is 14.0. The summed E-state index contributed by atoms with van der Waals surface area (Å²) in [7, 11) is 0. The van der Waals surface area contributed by atoms with Crippen molar-refractivity contribution in [2.24, 2.45) is 5.92 Å². The quantitative estimate of drug-likeness (QED) is 0.419. The molecule has 3 aromatic rings. The number of rotatable bonds is 4. The van der Waals surface area contributed by atoms with E-state index in [-0.39, 0.29) is 23.0 Å². The van der Waals surface area contributed by atoms with Crippen molar-refractivity contribution in [3.05, 3.63) is 111 Å². The van der Waals surface area contributed by atoms with Gasteiger partial charge in [-0.15, -0.1) is 0 Å². The van der Waals surface area contributed by atoms with Crippen molar-refractivity contribution in [2.45, 2.75) is 30.2 Å². The Morgan fingerprint density at radius 3 is 2.62 bits per heavy atom. The Kier molecular flexibility index (Phi) is 5.76. The largest absolute Gasteiger partial charge is 0.315 e. The topological polar surface area (TPSA) is 41.1 Å². The van der Waals surface area contributed by atoms with Crippen LogP contribution in [0, 0.1) is 5.92 Å². The molecule has 1 spiro atoms. The van der Waals surface area contributed by atoms with E-state index in [1.807, 2.05) is 12.1 Å². The van der Waals surface area contributed by atoms with E-state index in [9.17, 15) is 4.79 Å². The lowest BCUT2D eigenvalue weighted by atomic mass is 9.71. The standard InChI is InChI=1S/C30H29BrN2O/c31-27-12-5-4-9-22(27)24-18-32-19-25(24)29(34)23-10-6-11-26-21(23)13-14-30(26)15-16-33-28(17-30)20-7-2-1-3-8-20/h1-14,24-25,28,32-33H,15-19H2/t24-,25+,28?,30?/m0/s1. The minimum Gasteiger partial charge on any atom is -0.315 e. The van der Waals surface area contributed by atoms with Crippen LogP contribution in [-0.4, -0.2) is 25.4 Å². The first-order valence-corrected chi connectivity index (χ1v) is 13.1. The van der Waals surface area contributed by atoms with Gasteiger partial charge in [0, 0.05) is 46.4 Å². The molecule has 3 nitrogen and oxygen atoms in total. The number of carbonyl (C=O) groups excluding carboxylic acids is 1. The fraction of sp³-hybridized carbons (Fsp3) is 0.300. The summed E-state index contributed by atoms with van der Waals surface area (Å²) in [5.41, 5.74) is 5.89. The summed E-state index contributed by atoms with van der Waals surface area (Å²) in [5.74, 6) is 0.387. The monoisotopic (exact) mass is 512 g/mol. The molecule has 1 aliphatic carbocycles. The first kappa shape index (κ1) is 22.0. The van der Waals surface area contributed by atoms with Crippen molar-refractivity contribution < 1.29 is 4.79 Å². The number of fused-ring (bicyclic) bond motifs is 2. The molecule has 2 N–H and O–H groups in total. The Morgan fingerprint density at radius 2 is 1.76 bits per heavy atom. The van der Waals surface area contributed by atoms with Gasteiger partial charge in [-0.05, 0) is 47.7 Å². The summed E-state index contributed by atoms with van der Waals surface area (Å²) in [6.45, 7) is 2.53. The molecule has 2 fully saturated rings. The van der Waals surface area contributed by atoms with Crippen LogP contribution in [0.2, 0.25) is 0 Å². The summed E-state index contributed by atoms with van der Waals surface area (Å²) in [6, 6.07) is 25.7. The normalized spacial score (nSPS) is 27.7. The van der Waals surface area contributed by atoms with E-state index >= 15 is 0 Å². The molecule has 0 amide bonds. The number of hydrogen-bond acceptors (Lipinski definition) is 3. The van der Waals surface area contributed by atoms with Gasteiger partial charge in [-0.2, -0.15) is 0 Å². The number of hydrogen-bond donors (Lipinski definition) is 2. The van der Waals surface area contributed by atoms with Crippen LogP contribution in [0.25, 0.3) is 6.08 Å². The lowest BCUT2D eigenvalue weighted by Crippen LogP contribution is -2.40. The Bertz CT molecular complexity index is 1250. The minimum absolute atomic E-state index is 0.00678. The third-order valence-corrected chi connectivity index (χ3v) is 8.79. The number of benzene rings is 3. The highest BCUT2D eigenvalue weighted by molar-refractivity contribution is 9.10. The zero-order valence-corrected chi connectivity index (χ0v) is 20.7. The van der Waals surface area contributed by atoms with Crippen molar-refractivity contribution in [1.29, 1.82) is 0 Å². The number of piperidine rings is 1. The molecule has 172 valence electrons. The summed E-state index contributed by atoms with van der Waals surface area (Å²) in [6.07, 6.45) is 6.68. The van der Waals surface area contributed by atoms with E-state index in [0.29, 0.717) is 6.04 Å². The Balaban J connectivity index is 1.32. The Hall–Kier alpha value is -2.53. The van der Waals surface area contributed by atoms with E-state index < -0.39 is 0 Å². The number of ketones is 1. The molecule has 6 rings (SSSR count). The van der Waals surface area contributed by atoms with Gasteiger partial charge in [0.05, 0.1) is 0 Å². The van der Waals surface area contributed by atoms with Crippen LogP contribution in [0.1, 0.15) is 57.4 Å². The van der Waals surface area contributed by atoms with Crippen LogP contribution in [0.4, 0.5) is 0 Å². The molecule has 4 heteroatoms. The second kappa shape index (κ2) is 8.92. The third-order valence-electron chi connectivity index (χ3n) is 8.06. The number of carbonyl (C=O) groups is 1. The molecular weight excluding hydrogens is 484 g/mol. The fourth-order valence-corrected chi connectivity index (χ4v) is 6.89. The van der Waals surface area contributed by atoms with Crippen LogP contribution in [0.5, 0.6) is 0 Å². The Morgan fingerprint density at radius 1 is 0.941 bits per heavy atom. The van der Waals surface area contributed by atoms with Crippen LogP contribution in [0.15, 0.2) is 83.3 Å². The van der Waals surface area contributed by atoms with Gasteiger partial charge in [0.15, 0.2) is 5.78 Å². The summed E-state index contributed by atoms with van der Waals surface area (Å²) < 4.78 is 1.08. The van der Waals surface area contributed by atoms with Crippen molar-refractivity contribution in [3.8, 4) is 0 Å². The van der Waals surface area contributed by atoms with Crippen molar-refractivity contribution in [1.82, 2.24) is 10.6 Å². The average molecular weight is 513 g/mol. The lowest BCUT2D eigenvalue weighted by molar-refractivity contribution is 0.0920. The van der Waals surface area contributed by atoms with E-state index in [0.717, 1.165) is 48.1 Å². The molecule has 0 radical (unpaired) electrons. The molecule has 3 aromatic carbocycles. The van der Waals surface area contributed by atoms with Gasteiger partial charge in [0.25, 0.3) is 0 Å². The van der Waals surface area contributed by atoms with Gasteiger partial charge in [0.2, 0.25) is 0 Å². The third kappa shape index (κ3) is 3.69. The molecule has 2 aliphatic heterocycles. The molecule has 0 aromatic heterocycles. The second-order valence-corrected chi connectivity index (χ2v) is 10.7. The molecule has 3 aliphatic rings. The van der Waals surface area contributed by atoms with Gasteiger partial charge >= 0.3 is 0 Å². The first-order valence-electron chi connectivity index (χ1n) is 12.3. The summed E-state index contributed by atoms with van der Waals surface area (Å²) >= 11 is 3.71. The van der Waals surface area contributed by atoms with Crippen LogP contribution in [0.3, 0.4) is 0 Å². The highest BCUT2D eigenvalue weighted by Gasteiger charge is 2.42. The van der Waals surface area contributed by atoms with Crippen LogP contribution < -0.4 is 10.6 Å². The maximum absolute atomic E-state index is 14.0. The number of halogens is 1. The van der Waals surface area contributed by atoms with E-state index in [2.05, 4.69) is 99.4 Å². The maximum Gasteiger partial charge on any atom is 0.168 e. The van der Waals surface area contributed by atoms with Crippen LogP contribution >= 0.6 is 15.9 Å². The first-order chi connectivity index (χ1) is 16.7. The average Bonchev–Trinajstić information content (AvgIpc) is 3.50. The summed E-state index contributed by atoms with van der Waals surface area (Å²) in [5, 5.41) is 7.19. The number of Topliss-reactive ketones (excluding diaryl/α,β-unsaturated/α-hetero) is 1. The number of allylic oxidation sites excluding steroid dienone is 1. The summed E-state index contributed by atoms with van der Waals surface area (Å²) in [4.78, 5) is 14.0. The van der Waals surface area contributed by atoms with Gasteiger partial charge in [0.1, 0.15) is 0 Å². The van der Waals surface area contributed by atoms with Crippen LogP contribution in [-0.2, 0) is 5.41 Å². The van der Waals surface area contributed by atoms with Crippen molar-refractivity contribution in [2.75, 3.05) is 19.6 Å². The Labute approximate surface area is 209 Å². The van der Waals surface area contributed by atoms with Gasteiger partial charge in [-0.1, -0.05) is 94.8 Å². The smallest absolute Gasteiger partial charge is 0.168 e. The van der Waals surface area contributed by atoms with Gasteiger partial charge < -0.3 is 10.6 Å². The molecule has 4 atom stereocenters. The number of nitrogens with one attached hydrogen (secondary N) is 2. The molecule has 2 saturated heterocycles. The van der Waals surface area contributed by atoms with E-state index in [1.165, 1.54) is 16.7 Å². The second-order valence-electron chi connectivity index (χ2n) is 9.88. The van der Waals surface area contributed by atoms with E-state index in [4.69, 9.17) is 0 Å². The molecule has 34 heavy (non-hydrogen) atoms. The van der Waals surface area contributed by atoms with Gasteiger partial charge in [-0.3, -0.25) is 4.79 Å². The molecule has 2 unspecified atom stereocenters. The molecular formula is C30H29BrN2O. The minimum atomic E-state index is -0.0553.